The number of hydrogen-bond donors (Lipinski definition) is 0. The van der Waals surface area contributed by atoms with E-state index < -0.39 is 0 Å². The van der Waals surface area contributed by atoms with E-state index >= 15 is 0 Å². The Morgan fingerprint density at radius 1 is 0.593 bits per heavy atom. The zero-order chi connectivity index (χ0) is 18.0. The van der Waals surface area contributed by atoms with Crippen LogP contribution in [0.1, 0.15) is 0 Å². The van der Waals surface area contributed by atoms with Crippen molar-refractivity contribution in [3.63, 3.8) is 0 Å². The molecule has 0 amide bonds. The molecule has 6 rings (SSSR count). The van der Waals surface area contributed by atoms with Gasteiger partial charge in [0.2, 0.25) is 0 Å². The molecule has 2 aromatic heterocycles. The molecule has 0 fully saturated rings. The molecule has 27 heavy (non-hydrogen) atoms. The largest absolute Gasteiger partial charge is 0.309 e. The summed E-state index contributed by atoms with van der Waals surface area (Å²) in [5.74, 6) is 0. The summed E-state index contributed by atoms with van der Waals surface area (Å²) in [6, 6.07) is 30.6. The van der Waals surface area contributed by atoms with Crippen molar-refractivity contribution in [2.45, 2.75) is 0 Å². The van der Waals surface area contributed by atoms with Crippen LogP contribution in [0.4, 0.5) is 0 Å². The van der Waals surface area contributed by atoms with Gasteiger partial charge in [-0.25, -0.2) is 0 Å². The Morgan fingerprint density at radius 2 is 1.37 bits per heavy atom. The fourth-order valence-corrected chi connectivity index (χ4v) is 5.54. The summed E-state index contributed by atoms with van der Waals surface area (Å²) in [4.78, 5) is 0. The molecular formula is C24H14BrNS. The minimum atomic E-state index is 1.10. The van der Waals surface area contributed by atoms with Crippen LogP contribution in [0.5, 0.6) is 0 Å². The third-order valence-corrected chi connectivity index (χ3v) is 6.87. The van der Waals surface area contributed by atoms with Crippen molar-refractivity contribution in [2.24, 2.45) is 0 Å². The molecule has 0 bridgehead atoms. The standard InChI is InChI=1S/C24H14BrNS/c25-15-10-11-17-19-14-24-20(18-8-4-5-9-23(18)27-24)13-22(19)26(21(17)12-15)16-6-2-1-3-7-16/h1-14H. The molecule has 0 aliphatic rings. The monoisotopic (exact) mass is 427 g/mol. The van der Waals surface area contributed by atoms with Gasteiger partial charge in [0, 0.05) is 41.1 Å². The van der Waals surface area contributed by atoms with Crippen LogP contribution in [0, 0.1) is 0 Å². The highest BCUT2D eigenvalue weighted by atomic mass is 79.9. The summed E-state index contributed by atoms with van der Waals surface area (Å²) < 4.78 is 6.17. The van der Waals surface area contributed by atoms with Gasteiger partial charge in [0.05, 0.1) is 11.0 Å². The van der Waals surface area contributed by atoms with Crippen LogP contribution in [0.25, 0.3) is 47.7 Å². The van der Waals surface area contributed by atoms with Gasteiger partial charge in [0.25, 0.3) is 0 Å². The highest BCUT2D eigenvalue weighted by Crippen LogP contribution is 2.40. The second kappa shape index (κ2) is 5.69. The molecule has 0 spiro atoms. The smallest absolute Gasteiger partial charge is 0.0552 e. The van der Waals surface area contributed by atoms with Crippen molar-refractivity contribution in [1.29, 1.82) is 0 Å². The van der Waals surface area contributed by atoms with Gasteiger partial charge in [0.1, 0.15) is 0 Å². The number of halogens is 1. The summed E-state index contributed by atoms with van der Waals surface area (Å²) in [6.07, 6.45) is 0. The topological polar surface area (TPSA) is 4.93 Å². The Balaban J connectivity index is 1.86. The van der Waals surface area contributed by atoms with Crippen molar-refractivity contribution < 1.29 is 0 Å². The first-order valence-corrected chi connectivity index (χ1v) is 10.5. The van der Waals surface area contributed by atoms with Crippen LogP contribution in [0.3, 0.4) is 0 Å². The zero-order valence-electron chi connectivity index (χ0n) is 14.3. The zero-order valence-corrected chi connectivity index (χ0v) is 16.7. The molecule has 128 valence electrons. The van der Waals surface area contributed by atoms with Gasteiger partial charge in [-0.05, 0) is 42.5 Å². The highest BCUT2D eigenvalue weighted by Gasteiger charge is 2.15. The van der Waals surface area contributed by atoms with Crippen molar-refractivity contribution in [3.05, 3.63) is 89.4 Å². The summed E-state index contributed by atoms with van der Waals surface area (Å²) >= 11 is 5.53. The fraction of sp³-hybridized carbons (Fsp3) is 0. The fourth-order valence-electron chi connectivity index (χ4n) is 4.06. The van der Waals surface area contributed by atoms with Crippen LogP contribution >= 0.6 is 27.3 Å². The van der Waals surface area contributed by atoms with Crippen LogP contribution < -0.4 is 0 Å². The maximum Gasteiger partial charge on any atom is 0.0552 e. The van der Waals surface area contributed by atoms with E-state index in [2.05, 4.69) is 105 Å². The lowest BCUT2D eigenvalue weighted by atomic mass is 10.1. The van der Waals surface area contributed by atoms with E-state index in [1.165, 1.54) is 47.7 Å². The lowest BCUT2D eigenvalue weighted by Crippen LogP contribution is -1.92. The number of fused-ring (bicyclic) bond motifs is 6. The first-order valence-electron chi connectivity index (χ1n) is 8.90. The summed E-state index contributed by atoms with van der Waals surface area (Å²) in [7, 11) is 0. The lowest BCUT2D eigenvalue weighted by molar-refractivity contribution is 1.18. The molecule has 4 aromatic carbocycles. The normalized spacial score (nSPS) is 11.9. The number of thiophene rings is 1. The van der Waals surface area contributed by atoms with Gasteiger partial charge in [-0.2, -0.15) is 0 Å². The van der Waals surface area contributed by atoms with Crippen molar-refractivity contribution in [2.75, 3.05) is 0 Å². The van der Waals surface area contributed by atoms with Gasteiger partial charge < -0.3 is 4.57 Å². The van der Waals surface area contributed by atoms with Crippen molar-refractivity contribution in [3.8, 4) is 5.69 Å². The lowest BCUT2D eigenvalue weighted by Gasteiger charge is -2.07. The summed E-state index contributed by atoms with van der Waals surface area (Å²) in [5, 5.41) is 5.27. The Kier molecular flexibility index (Phi) is 3.25. The van der Waals surface area contributed by atoms with Gasteiger partial charge in [0.15, 0.2) is 0 Å². The number of hydrogen-bond acceptors (Lipinski definition) is 1. The first-order chi connectivity index (χ1) is 13.3. The average molecular weight is 428 g/mol. The number of para-hydroxylation sites is 1. The Labute approximate surface area is 168 Å². The molecule has 0 saturated heterocycles. The van der Waals surface area contributed by atoms with E-state index in [0.717, 1.165) is 4.47 Å². The molecule has 1 nitrogen and oxygen atoms in total. The van der Waals surface area contributed by atoms with Gasteiger partial charge in [-0.15, -0.1) is 11.3 Å². The Hall–Kier alpha value is -2.62. The van der Waals surface area contributed by atoms with E-state index in [1.807, 2.05) is 11.3 Å². The molecule has 0 aliphatic heterocycles. The third-order valence-electron chi connectivity index (χ3n) is 5.24. The van der Waals surface area contributed by atoms with E-state index in [1.54, 1.807) is 0 Å². The molecule has 2 heterocycles. The molecule has 0 N–H and O–H groups in total. The Bertz CT molecular complexity index is 1470. The third kappa shape index (κ3) is 2.22. The molecule has 0 radical (unpaired) electrons. The predicted octanol–water partition coefficient (Wildman–Crippen LogP) is 7.91. The van der Waals surface area contributed by atoms with E-state index in [4.69, 9.17) is 0 Å². The van der Waals surface area contributed by atoms with Crippen molar-refractivity contribution >= 4 is 69.2 Å². The van der Waals surface area contributed by atoms with Crippen molar-refractivity contribution in [1.82, 2.24) is 4.57 Å². The second-order valence-corrected chi connectivity index (χ2v) is 8.80. The van der Waals surface area contributed by atoms with Crippen LogP contribution in [0.15, 0.2) is 89.4 Å². The van der Waals surface area contributed by atoms with Crippen LogP contribution in [-0.4, -0.2) is 4.57 Å². The SMILES string of the molecule is Brc1ccc2c3cc4sc5ccccc5c4cc3n(-c3ccccc3)c2c1. The quantitative estimate of drug-likeness (QED) is 0.251. The number of aromatic nitrogens is 1. The van der Waals surface area contributed by atoms with Crippen LogP contribution in [0.2, 0.25) is 0 Å². The second-order valence-electron chi connectivity index (χ2n) is 6.80. The summed E-state index contributed by atoms with van der Waals surface area (Å²) in [5.41, 5.74) is 3.67. The molecule has 3 heteroatoms. The Morgan fingerprint density at radius 3 is 2.26 bits per heavy atom. The van der Waals surface area contributed by atoms with Gasteiger partial charge in [-0.1, -0.05) is 58.4 Å². The minimum absolute atomic E-state index is 1.10. The summed E-state index contributed by atoms with van der Waals surface area (Å²) in [6.45, 7) is 0. The number of nitrogens with zero attached hydrogens (tertiary/aromatic N) is 1. The van der Waals surface area contributed by atoms with Gasteiger partial charge in [-0.3, -0.25) is 0 Å². The minimum Gasteiger partial charge on any atom is -0.309 e. The molecule has 0 aliphatic carbocycles. The van der Waals surface area contributed by atoms with E-state index in [-0.39, 0.29) is 0 Å². The maximum absolute atomic E-state index is 3.65. The number of benzene rings is 4. The first kappa shape index (κ1) is 15.4. The molecule has 0 atom stereocenters. The molecular weight excluding hydrogens is 414 g/mol. The van der Waals surface area contributed by atoms with E-state index in [0.29, 0.717) is 0 Å². The molecule has 0 unspecified atom stereocenters. The molecule has 0 saturated carbocycles. The predicted molar refractivity (Wildman–Crippen MR) is 121 cm³/mol. The van der Waals surface area contributed by atoms with Gasteiger partial charge >= 0.3 is 0 Å². The van der Waals surface area contributed by atoms with Crippen LogP contribution in [-0.2, 0) is 0 Å². The van der Waals surface area contributed by atoms with E-state index in [9.17, 15) is 0 Å². The molecule has 6 aromatic rings. The highest BCUT2D eigenvalue weighted by molar-refractivity contribution is 9.10. The average Bonchev–Trinajstić information content (AvgIpc) is 3.21. The number of rotatable bonds is 1. The maximum atomic E-state index is 3.65.